The number of amides is 1. The molecule has 28 heavy (non-hydrogen) atoms. The van der Waals surface area contributed by atoms with Gasteiger partial charge in [0, 0.05) is 29.8 Å². The van der Waals surface area contributed by atoms with Crippen LogP contribution in [-0.4, -0.2) is 32.5 Å². The van der Waals surface area contributed by atoms with Gasteiger partial charge in [0.15, 0.2) is 11.9 Å². The van der Waals surface area contributed by atoms with Crippen molar-refractivity contribution in [1.29, 1.82) is 0 Å². The first-order chi connectivity index (χ1) is 13.3. The van der Waals surface area contributed by atoms with Gasteiger partial charge < -0.3 is 14.5 Å². The van der Waals surface area contributed by atoms with Gasteiger partial charge in [0.25, 0.3) is 0 Å². The van der Waals surface area contributed by atoms with E-state index >= 15 is 0 Å². The smallest absolute Gasteiger partial charge is 0.230 e. The number of nitrogens with zero attached hydrogens (tertiary/aromatic N) is 3. The topological polar surface area (TPSA) is 69.2 Å². The zero-order chi connectivity index (χ0) is 20.2. The van der Waals surface area contributed by atoms with Crippen molar-refractivity contribution < 1.29 is 19.3 Å². The molecule has 148 valence electrons. The molecule has 4 rings (SSSR count). The average Bonchev–Trinajstić information content (AvgIpc) is 3.00. The highest BCUT2D eigenvalue weighted by Crippen LogP contribution is 2.40. The van der Waals surface area contributed by atoms with Gasteiger partial charge >= 0.3 is 0 Å². The predicted octanol–water partition coefficient (Wildman–Crippen LogP) is 1.76. The zero-order valence-corrected chi connectivity index (χ0v) is 17.5. The van der Waals surface area contributed by atoms with Gasteiger partial charge in [0.05, 0.1) is 35.9 Å². The number of aliphatic carboxylic acids is 1. The number of carboxylic acids is 1. The van der Waals surface area contributed by atoms with E-state index in [-0.39, 0.29) is 17.0 Å². The first kappa shape index (κ1) is 19.1. The fourth-order valence-corrected chi connectivity index (χ4v) is 5.30. The Morgan fingerprint density at radius 3 is 2.68 bits per heavy atom. The minimum Gasteiger partial charge on any atom is -0.543 e. The number of hydrogen-bond acceptors (Lipinski definition) is 4. The quantitative estimate of drug-likeness (QED) is 0.568. The van der Waals surface area contributed by atoms with Crippen LogP contribution < -0.4 is 9.67 Å². The molecule has 0 aromatic rings. The molecule has 4 heterocycles. The van der Waals surface area contributed by atoms with Crippen molar-refractivity contribution in [3.05, 3.63) is 47.2 Å². The SMILES string of the molecule is CC(C)c1cc(C(C)C)[n+]2ccn(CC3=C(C(=O)[O-])N4C(=O)C[C@@H]4SC3)cc1-2. The number of rotatable bonds is 5. The van der Waals surface area contributed by atoms with Crippen molar-refractivity contribution >= 4 is 23.6 Å². The number of carbonyl (C=O) groups is 2. The molecule has 0 saturated carbocycles. The van der Waals surface area contributed by atoms with Crippen LogP contribution in [0.5, 0.6) is 0 Å². The Balaban J connectivity index is 1.74. The lowest BCUT2D eigenvalue weighted by atomic mass is 10.0. The molecule has 4 aliphatic heterocycles. The zero-order valence-electron chi connectivity index (χ0n) is 16.6. The van der Waals surface area contributed by atoms with Crippen LogP contribution >= 0.6 is 11.8 Å². The Labute approximate surface area is 169 Å². The molecule has 0 unspecified atom stereocenters. The molecule has 0 radical (unpaired) electrons. The van der Waals surface area contributed by atoms with Gasteiger partial charge in [-0.3, -0.25) is 9.69 Å². The highest BCUT2D eigenvalue weighted by Gasteiger charge is 2.43. The van der Waals surface area contributed by atoms with Crippen LogP contribution in [0.1, 0.15) is 57.2 Å². The van der Waals surface area contributed by atoms with Crippen molar-refractivity contribution in [2.45, 2.75) is 57.9 Å². The summed E-state index contributed by atoms with van der Waals surface area (Å²) < 4.78 is 4.23. The van der Waals surface area contributed by atoms with Crippen LogP contribution in [0, 0.1) is 0 Å². The lowest BCUT2D eigenvalue weighted by Gasteiger charge is -2.45. The Kier molecular flexibility index (Phi) is 4.73. The number of thioether (sulfide) groups is 1. The Morgan fingerprint density at radius 1 is 1.32 bits per heavy atom. The average molecular weight is 400 g/mol. The van der Waals surface area contributed by atoms with Gasteiger partial charge in [0.2, 0.25) is 11.6 Å². The molecular weight excluding hydrogens is 374 g/mol. The van der Waals surface area contributed by atoms with E-state index in [4.69, 9.17) is 0 Å². The van der Waals surface area contributed by atoms with Gasteiger partial charge in [0.1, 0.15) is 0 Å². The molecular formula is C21H25N3O3S. The highest BCUT2D eigenvalue weighted by atomic mass is 32.2. The Bertz CT molecular complexity index is 960. The summed E-state index contributed by atoms with van der Waals surface area (Å²) in [4.78, 5) is 25.0. The first-order valence-corrected chi connectivity index (χ1v) is 10.7. The predicted molar refractivity (Wildman–Crippen MR) is 105 cm³/mol. The summed E-state index contributed by atoms with van der Waals surface area (Å²) in [6, 6.07) is 2.26. The molecule has 0 N–H and O–H groups in total. The molecule has 1 saturated heterocycles. The number of β-lactam (4-membered cyclic amide) rings is 1. The van der Waals surface area contributed by atoms with Crippen LogP contribution in [0.3, 0.4) is 0 Å². The van der Waals surface area contributed by atoms with Crippen molar-refractivity contribution in [1.82, 2.24) is 9.47 Å². The molecule has 0 aromatic heterocycles. The lowest BCUT2D eigenvalue weighted by Crippen LogP contribution is -2.56. The van der Waals surface area contributed by atoms with Crippen molar-refractivity contribution in [3.63, 3.8) is 0 Å². The van der Waals surface area contributed by atoms with E-state index in [0.29, 0.717) is 30.6 Å². The molecule has 6 nitrogen and oxygen atoms in total. The molecule has 0 spiro atoms. The molecule has 1 fully saturated rings. The summed E-state index contributed by atoms with van der Waals surface area (Å²) in [5, 5.41) is 11.7. The van der Waals surface area contributed by atoms with Gasteiger partial charge in [-0.05, 0) is 11.5 Å². The number of hydrogen-bond donors (Lipinski definition) is 0. The maximum absolute atomic E-state index is 11.9. The third kappa shape index (κ3) is 3.02. The van der Waals surface area contributed by atoms with E-state index < -0.39 is 5.97 Å². The minimum atomic E-state index is -1.26. The second kappa shape index (κ2) is 6.95. The molecule has 0 aromatic carbocycles. The Hall–Kier alpha value is -2.28. The fourth-order valence-electron chi connectivity index (χ4n) is 4.05. The third-order valence-corrected chi connectivity index (χ3v) is 6.82. The molecule has 7 heteroatoms. The number of carboxylic acid groups (broad SMARTS) is 1. The summed E-state index contributed by atoms with van der Waals surface area (Å²) in [7, 11) is 0. The van der Waals surface area contributed by atoms with Crippen LogP contribution in [0.2, 0.25) is 0 Å². The summed E-state index contributed by atoms with van der Waals surface area (Å²) >= 11 is 1.62. The van der Waals surface area contributed by atoms with E-state index in [0.717, 1.165) is 11.3 Å². The van der Waals surface area contributed by atoms with E-state index in [1.807, 2.05) is 17.0 Å². The van der Waals surface area contributed by atoms with Crippen LogP contribution in [0.25, 0.3) is 5.69 Å². The summed E-state index contributed by atoms with van der Waals surface area (Å²) in [5.41, 5.74) is 4.48. The minimum absolute atomic E-state index is 0.0524. The molecule has 4 aliphatic rings. The van der Waals surface area contributed by atoms with Gasteiger partial charge in [-0.2, -0.15) is 4.57 Å². The van der Waals surface area contributed by atoms with Crippen molar-refractivity contribution in [2.75, 3.05) is 5.75 Å². The van der Waals surface area contributed by atoms with Gasteiger partial charge in [-0.1, -0.05) is 27.7 Å². The largest absolute Gasteiger partial charge is 0.543 e. The first-order valence-electron chi connectivity index (χ1n) is 9.69. The van der Waals surface area contributed by atoms with E-state index in [1.54, 1.807) is 11.8 Å². The molecule has 1 amide bonds. The van der Waals surface area contributed by atoms with Crippen molar-refractivity contribution in [3.8, 4) is 5.69 Å². The van der Waals surface area contributed by atoms with Crippen molar-refractivity contribution in [2.24, 2.45) is 0 Å². The molecule has 0 aliphatic carbocycles. The lowest BCUT2D eigenvalue weighted by molar-refractivity contribution is -0.603. The van der Waals surface area contributed by atoms with Crippen LogP contribution in [0.15, 0.2) is 35.9 Å². The fraction of sp³-hybridized carbons (Fsp3) is 0.476. The molecule has 1 atom stereocenters. The monoisotopic (exact) mass is 399 g/mol. The number of carbonyl (C=O) groups excluding carboxylic acids is 2. The van der Waals surface area contributed by atoms with Gasteiger partial charge in [-0.15, -0.1) is 11.8 Å². The maximum Gasteiger partial charge on any atom is 0.230 e. The normalized spacial score (nSPS) is 19.6. The highest BCUT2D eigenvalue weighted by molar-refractivity contribution is 8.00. The second-order valence-electron chi connectivity index (χ2n) is 8.16. The summed E-state index contributed by atoms with van der Waals surface area (Å²) in [6.07, 6.45) is 6.50. The van der Waals surface area contributed by atoms with Gasteiger partial charge in [-0.25, -0.2) is 0 Å². The van der Waals surface area contributed by atoms with E-state index in [1.165, 1.54) is 16.2 Å². The maximum atomic E-state index is 11.9. The number of fused-ring (bicyclic) bond motifs is 2. The van der Waals surface area contributed by atoms with Crippen LogP contribution in [-0.2, 0) is 16.1 Å². The summed E-state index contributed by atoms with van der Waals surface area (Å²) in [5.74, 6) is 0.00583. The van der Waals surface area contributed by atoms with Crippen LogP contribution in [0.4, 0.5) is 0 Å². The standard InChI is InChI=1S/C21H25N3O3S/c1-12(2)15-7-16(13(3)4)23-6-5-22(10-17(15)23)9-14-11-28-19-8-18(25)24(19)20(14)21(26)27/h5-7,10,12-13,19H,8-9,11H2,1-4H3/t19-/m0/s1. The second-order valence-corrected chi connectivity index (χ2v) is 9.33. The van der Waals surface area contributed by atoms with E-state index in [9.17, 15) is 14.7 Å². The molecule has 0 bridgehead atoms. The van der Waals surface area contributed by atoms with E-state index in [2.05, 4.69) is 44.5 Å². The summed E-state index contributed by atoms with van der Waals surface area (Å²) in [6.45, 7) is 9.16. The third-order valence-electron chi connectivity index (χ3n) is 5.54. The Morgan fingerprint density at radius 2 is 2.07 bits per heavy atom. The number of aromatic nitrogens is 2.